The quantitative estimate of drug-likeness (QED) is 0.743. The normalized spacial score (nSPS) is 17.0. The van der Waals surface area contributed by atoms with Gasteiger partial charge in [-0.2, -0.15) is 5.10 Å². The summed E-state index contributed by atoms with van der Waals surface area (Å²) in [6.07, 6.45) is 3.86. The number of carbonyl (C=O) groups excluding carboxylic acids is 2. The summed E-state index contributed by atoms with van der Waals surface area (Å²) in [5.41, 5.74) is 1.93. The first-order chi connectivity index (χ1) is 13.6. The number of rotatable bonds is 6. The molecule has 0 saturated carbocycles. The highest BCUT2D eigenvalue weighted by Crippen LogP contribution is 2.32. The summed E-state index contributed by atoms with van der Waals surface area (Å²) < 4.78 is 1.77. The molecule has 2 aliphatic heterocycles. The predicted molar refractivity (Wildman–Crippen MR) is 113 cm³/mol. The highest BCUT2D eigenvalue weighted by molar-refractivity contribution is 8.21. The van der Waals surface area contributed by atoms with Crippen LogP contribution in [-0.2, 0) is 42.6 Å². The highest BCUT2D eigenvalue weighted by Gasteiger charge is 2.26. The van der Waals surface area contributed by atoms with Crippen LogP contribution in [0.15, 0.2) is 12.3 Å². The van der Waals surface area contributed by atoms with Gasteiger partial charge in [-0.25, -0.2) is 4.98 Å². The fourth-order valence-corrected chi connectivity index (χ4v) is 6.92. The van der Waals surface area contributed by atoms with Crippen LogP contribution >= 0.6 is 34.9 Å². The average molecular weight is 438 g/mol. The maximum atomic E-state index is 12.6. The number of carbonyl (C=O) groups is 2. The van der Waals surface area contributed by atoms with Crippen molar-refractivity contribution in [2.45, 2.75) is 36.9 Å². The van der Waals surface area contributed by atoms with Crippen molar-refractivity contribution in [2.24, 2.45) is 7.05 Å². The molecule has 10 heteroatoms. The maximum Gasteiger partial charge on any atom is 0.243 e. The van der Waals surface area contributed by atoms with Crippen LogP contribution in [-0.4, -0.2) is 54.1 Å². The first-order valence-electron chi connectivity index (χ1n) is 9.33. The van der Waals surface area contributed by atoms with Crippen molar-refractivity contribution < 1.29 is 9.59 Å². The Bertz CT molecular complexity index is 859. The lowest BCUT2D eigenvalue weighted by molar-refractivity contribution is -0.132. The molecule has 7 nitrogen and oxygen atoms in total. The van der Waals surface area contributed by atoms with Crippen LogP contribution in [0.2, 0.25) is 0 Å². The number of aryl methyl sites for hydroxylation is 2. The minimum absolute atomic E-state index is 0.0156. The van der Waals surface area contributed by atoms with Gasteiger partial charge in [0.25, 0.3) is 0 Å². The molecule has 2 aliphatic rings. The smallest absolute Gasteiger partial charge is 0.243 e. The number of hydrogen-bond donors (Lipinski definition) is 1. The second-order valence-corrected chi connectivity index (χ2v) is 10.7. The maximum absolute atomic E-state index is 12.6. The number of nitrogens with zero attached hydrogens (tertiary/aromatic N) is 4. The van der Waals surface area contributed by atoms with Crippen LogP contribution in [0.3, 0.4) is 0 Å². The van der Waals surface area contributed by atoms with Gasteiger partial charge in [-0.3, -0.25) is 14.3 Å². The van der Waals surface area contributed by atoms with Gasteiger partial charge in [0.1, 0.15) is 9.59 Å². The third-order valence-electron chi connectivity index (χ3n) is 4.74. The molecule has 4 heterocycles. The number of nitrogens with one attached hydrogen (secondary N) is 1. The van der Waals surface area contributed by atoms with Crippen molar-refractivity contribution >= 4 is 46.7 Å². The fraction of sp³-hybridized carbons (Fsp3) is 0.556. The van der Waals surface area contributed by atoms with Crippen LogP contribution in [0.25, 0.3) is 0 Å². The molecular weight excluding hydrogens is 414 g/mol. The van der Waals surface area contributed by atoms with E-state index in [-0.39, 0.29) is 16.4 Å². The van der Waals surface area contributed by atoms with Crippen LogP contribution in [0, 0.1) is 0 Å². The van der Waals surface area contributed by atoms with E-state index in [1.54, 1.807) is 39.5 Å². The third kappa shape index (κ3) is 4.72. The van der Waals surface area contributed by atoms with Gasteiger partial charge in [-0.1, -0.05) is 0 Å². The number of amides is 2. The SMILES string of the molecule is Cn1ccc(CCC(=O)N2CCc3sc(CNC(=O)C4SCCS4)nc3C2)n1. The minimum atomic E-state index is 0.0156. The molecule has 1 saturated heterocycles. The van der Waals surface area contributed by atoms with Gasteiger partial charge in [0.05, 0.1) is 24.5 Å². The zero-order valence-corrected chi connectivity index (χ0v) is 18.2. The molecule has 4 rings (SSSR count). The number of fused-ring (bicyclic) bond motifs is 1. The molecule has 1 N–H and O–H groups in total. The Balaban J connectivity index is 1.28. The van der Waals surface area contributed by atoms with E-state index in [9.17, 15) is 9.59 Å². The lowest BCUT2D eigenvalue weighted by Crippen LogP contribution is -2.35. The third-order valence-corrected chi connectivity index (χ3v) is 8.88. The van der Waals surface area contributed by atoms with E-state index in [1.165, 1.54) is 4.88 Å². The van der Waals surface area contributed by atoms with E-state index < -0.39 is 0 Å². The first-order valence-corrected chi connectivity index (χ1v) is 12.2. The Labute approximate surface area is 176 Å². The minimum Gasteiger partial charge on any atom is -0.348 e. The summed E-state index contributed by atoms with van der Waals surface area (Å²) in [6, 6.07) is 1.95. The van der Waals surface area contributed by atoms with Gasteiger partial charge in [0, 0.05) is 55.4 Å². The zero-order chi connectivity index (χ0) is 19.5. The summed E-state index contributed by atoms with van der Waals surface area (Å²) in [6.45, 7) is 1.77. The molecular formula is C18H23N5O2S3. The van der Waals surface area contributed by atoms with Crippen molar-refractivity contribution in [3.8, 4) is 0 Å². The molecule has 2 aromatic heterocycles. The highest BCUT2D eigenvalue weighted by atomic mass is 32.2. The molecule has 2 aromatic rings. The van der Waals surface area contributed by atoms with Crippen LogP contribution < -0.4 is 5.32 Å². The van der Waals surface area contributed by atoms with Crippen molar-refractivity contribution in [3.05, 3.63) is 33.5 Å². The lowest BCUT2D eigenvalue weighted by atomic mass is 10.1. The summed E-state index contributed by atoms with van der Waals surface area (Å²) in [7, 11) is 1.88. The number of hydrogen-bond acceptors (Lipinski definition) is 7. The summed E-state index contributed by atoms with van der Waals surface area (Å²) >= 11 is 5.07. The van der Waals surface area contributed by atoms with E-state index in [0.29, 0.717) is 25.9 Å². The van der Waals surface area contributed by atoms with E-state index in [1.807, 2.05) is 24.2 Å². The zero-order valence-electron chi connectivity index (χ0n) is 15.7. The van der Waals surface area contributed by atoms with Gasteiger partial charge in [0.15, 0.2) is 0 Å². The molecule has 0 bridgehead atoms. The molecule has 0 atom stereocenters. The van der Waals surface area contributed by atoms with Crippen molar-refractivity contribution in [3.63, 3.8) is 0 Å². The predicted octanol–water partition coefficient (Wildman–Crippen LogP) is 1.82. The van der Waals surface area contributed by atoms with Gasteiger partial charge < -0.3 is 10.2 Å². The lowest BCUT2D eigenvalue weighted by Gasteiger charge is -2.26. The summed E-state index contributed by atoms with van der Waals surface area (Å²) in [5, 5.41) is 8.26. The van der Waals surface area contributed by atoms with Crippen molar-refractivity contribution in [1.82, 2.24) is 25.0 Å². The Kier molecular flexibility index (Phi) is 6.27. The van der Waals surface area contributed by atoms with Crippen LogP contribution in [0.5, 0.6) is 0 Å². The molecule has 0 aromatic carbocycles. The van der Waals surface area contributed by atoms with Gasteiger partial charge in [-0.15, -0.1) is 34.9 Å². The van der Waals surface area contributed by atoms with Crippen LogP contribution in [0.4, 0.5) is 0 Å². The largest absolute Gasteiger partial charge is 0.348 e. The van der Waals surface area contributed by atoms with E-state index in [0.717, 1.165) is 40.9 Å². The first kappa shape index (κ1) is 19.8. The van der Waals surface area contributed by atoms with Gasteiger partial charge in [-0.05, 0) is 6.07 Å². The number of aromatic nitrogens is 3. The molecule has 150 valence electrons. The average Bonchev–Trinajstić information content (AvgIpc) is 3.43. The van der Waals surface area contributed by atoms with E-state index in [4.69, 9.17) is 0 Å². The topological polar surface area (TPSA) is 80.1 Å². The molecule has 28 heavy (non-hydrogen) atoms. The molecule has 0 radical (unpaired) electrons. The second-order valence-electron chi connectivity index (χ2n) is 6.81. The Morgan fingerprint density at radius 1 is 1.32 bits per heavy atom. The summed E-state index contributed by atoms with van der Waals surface area (Å²) in [4.78, 5) is 32.5. The second kappa shape index (κ2) is 8.87. The van der Waals surface area contributed by atoms with Crippen LogP contribution in [0.1, 0.15) is 27.7 Å². The van der Waals surface area contributed by atoms with Gasteiger partial charge in [0.2, 0.25) is 11.8 Å². The van der Waals surface area contributed by atoms with E-state index in [2.05, 4.69) is 15.4 Å². The van der Waals surface area contributed by atoms with Crippen molar-refractivity contribution in [1.29, 1.82) is 0 Å². The Morgan fingerprint density at radius 3 is 2.89 bits per heavy atom. The van der Waals surface area contributed by atoms with E-state index >= 15 is 0 Å². The summed E-state index contributed by atoms with van der Waals surface area (Å²) in [5.74, 6) is 2.32. The number of thiazole rings is 1. The molecule has 0 aliphatic carbocycles. The molecule has 0 spiro atoms. The standard InChI is InChI=1S/C18H23N5O2S3/c1-22-6-4-12(21-22)2-3-16(24)23-7-5-14-13(11-23)20-15(28-14)10-19-17(25)18-26-8-9-27-18/h4,6,18H,2-3,5,7-11H2,1H3,(H,19,25). The fourth-order valence-electron chi connectivity index (χ4n) is 3.29. The Morgan fingerprint density at radius 2 is 2.14 bits per heavy atom. The monoisotopic (exact) mass is 437 g/mol. The van der Waals surface area contributed by atoms with Gasteiger partial charge >= 0.3 is 0 Å². The Hall–Kier alpha value is -1.52. The van der Waals surface area contributed by atoms with Crippen molar-refractivity contribution in [2.75, 3.05) is 18.1 Å². The molecule has 2 amide bonds. The molecule has 0 unspecified atom stereocenters. The number of thioether (sulfide) groups is 2. The molecule has 1 fully saturated rings.